The first kappa shape index (κ1) is 15.7. The second-order valence-corrected chi connectivity index (χ2v) is 6.19. The maximum Gasteiger partial charge on any atom is 0.306 e. The molecule has 1 unspecified atom stereocenters. The highest BCUT2D eigenvalue weighted by Gasteiger charge is 2.29. The fourth-order valence-electron chi connectivity index (χ4n) is 3.43. The van der Waals surface area contributed by atoms with Crippen LogP contribution in [0.25, 0.3) is 10.9 Å². The molecular formula is C18H22N2O3. The lowest BCUT2D eigenvalue weighted by Gasteiger charge is -2.35. The third kappa shape index (κ3) is 3.29. The molecule has 1 aliphatic rings. The number of phenolic OH excluding ortho intramolecular Hbond substituents is 1. The topological polar surface area (TPSA) is 73.7 Å². The number of likely N-dealkylation sites (tertiary alicyclic amines) is 1. The maximum absolute atomic E-state index is 11.1. The van der Waals surface area contributed by atoms with E-state index in [0.29, 0.717) is 12.8 Å². The van der Waals surface area contributed by atoms with Gasteiger partial charge in [-0.15, -0.1) is 0 Å². The number of carbonyl (C=O) groups is 1. The molecule has 1 aliphatic heterocycles. The lowest BCUT2D eigenvalue weighted by Crippen LogP contribution is -2.38. The van der Waals surface area contributed by atoms with Crippen LogP contribution in [-0.4, -0.2) is 39.2 Å². The zero-order chi connectivity index (χ0) is 16.4. The molecule has 3 rings (SSSR count). The van der Waals surface area contributed by atoms with Gasteiger partial charge in [-0.1, -0.05) is 13.0 Å². The number of benzene rings is 1. The van der Waals surface area contributed by atoms with Crippen molar-refractivity contribution in [3.05, 3.63) is 36.0 Å². The largest absolute Gasteiger partial charge is 0.508 e. The van der Waals surface area contributed by atoms with Crippen molar-refractivity contribution in [1.82, 2.24) is 9.88 Å². The highest BCUT2D eigenvalue weighted by Crippen LogP contribution is 2.30. The molecule has 1 aromatic heterocycles. The first-order chi connectivity index (χ1) is 11.1. The van der Waals surface area contributed by atoms with Crippen molar-refractivity contribution in [3.63, 3.8) is 0 Å². The van der Waals surface area contributed by atoms with Crippen LogP contribution in [0.3, 0.4) is 0 Å². The van der Waals surface area contributed by atoms with Crippen LogP contribution in [0.4, 0.5) is 0 Å². The fourth-order valence-corrected chi connectivity index (χ4v) is 3.43. The number of hydrogen-bond acceptors (Lipinski definition) is 4. The van der Waals surface area contributed by atoms with E-state index in [0.717, 1.165) is 36.1 Å². The van der Waals surface area contributed by atoms with Gasteiger partial charge in [-0.05, 0) is 56.6 Å². The van der Waals surface area contributed by atoms with E-state index in [2.05, 4.69) is 11.8 Å². The van der Waals surface area contributed by atoms with Crippen molar-refractivity contribution < 1.29 is 15.0 Å². The summed E-state index contributed by atoms with van der Waals surface area (Å²) in [6, 6.07) is 9.41. The van der Waals surface area contributed by atoms with Crippen LogP contribution in [0.5, 0.6) is 5.75 Å². The summed E-state index contributed by atoms with van der Waals surface area (Å²) in [7, 11) is 0. The number of aromatic nitrogens is 1. The molecule has 23 heavy (non-hydrogen) atoms. The summed E-state index contributed by atoms with van der Waals surface area (Å²) < 4.78 is 0. The smallest absolute Gasteiger partial charge is 0.306 e. The average Bonchev–Trinajstić information content (AvgIpc) is 2.56. The first-order valence-corrected chi connectivity index (χ1v) is 8.15. The number of nitrogens with zero attached hydrogens (tertiary/aromatic N) is 2. The molecule has 0 aliphatic carbocycles. The molecule has 0 spiro atoms. The zero-order valence-electron chi connectivity index (χ0n) is 13.3. The van der Waals surface area contributed by atoms with Gasteiger partial charge in [0.05, 0.1) is 23.2 Å². The quantitative estimate of drug-likeness (QED) is 0.906. The van der Waals surface area contributed by atoms with Crippen LogP contribution < -0.4 is 0 Å². The Kier molecular flexibility index (Phi) is 4.48. The summed E-state index contributed by atoms with van der Waals surface area (Å²) in [5, 5.41) is 19.6. The molecule has 5 heteroatoms. The lowest BCUT2D eigenvalue weighted by molar-refractivity contribution is -0.143. The number of hydrogen-bond donors (Lipinski definition) is 2. The van der Waals surface area contributed by atoms with Crippen molar-refractivity contribution in [2.24, 2.45) is 5.92 Å². The summed E-state index contributed by atoms with van der Waals surface area (Å²) >= 11 is 0. The van der Waals surface area contributed by atoms with Crippen LogP contribution in [0, 0.1) is 5.92 Å². The highest BCUT2D eigenvalue weighted by molar-refractivity contribution is 5.80. The van der Waals surface area contributed by atoms with Crippen molar-refractivity contribution in [2.45, 2.75) is 32.2 Å². The van der Waals surface area contributed by atoms with E-state index in [1.165, 1.54) is 0 Å². The Morgan fingerprint density at radius 1 is 1.30 bits per heavy atom. The van der Waals surface area contributed by atoms with Gasteiger partial charge in [0.15, 0.2) is 0 Å². The highest BCUT2D eigenvalue weighted by atomic mass is 16.4. The molecule has 2 N–H and O–H groups in total. The van der Waals surface area contributed by atoms with Gasteiger partial charge in [0.1, 0.15) is 5.75 Å². The number of aromatic hydroxyl groups is 1. The minimum absolute atomic E-state index is 0.211. The SMILES string of the molecule is CCC(c1ccc2cc(O)ccc2n1)N1CCC(C(=O)O)CC1. The number of carboxylic acids is 1. The number of carboxylic acid groups (broad SMARTS) is 1. The Morgan fingerprint density at radius 2 is 2.04 bits per heavy atom. The normalized spacial score (nSPS) is 18.1. The number of piperidine rings is 1. The molecule has 2 aromatic rings. The standard InChI is InChI=1S/C18H22N2O3/c1-2-17(20-9-7-12(8-10-20)18(22)23)16-5-3-13-11-14(21)4-6-15(13)19-16/h3-6,11-12,17,21H,2,7-10H2,1H3,(H,22,23). The Bertz CT molecular complexity index is 708. The Labute approximate surface area is 135 Å². The Hall–Kier alpha value is -2.14. The summed E-state index contributed by atoms with van der Waals surface area (Å²) in [6.07, 6.45) is 2.34. The molecular weight excluding hydrogens is 292 g/mol. The zero-order valence-corrected chi connectivity index (χ0v) is 13.3. The van der Waals surface area contributed by atoms with E-state index >= 15 is 0 Å². The summed E-state index contributed by atoms with van der Waals surface area (Å²) in [5.74, 6) is -0.646. The van der Waals surface area contributed by atoms with Crippen LogP contribution in [0.15, 0.2) is 30.3 Å². The summed E-state index contributed by atoms with van der Waals surface area (Å²) in [5.41, 5.74) is 1.89. The number of rotatable bonds is 4. The van der Waals surface area contributed by atoms with Gasteiger partial charge in [0.2, 0.25) is 0 Å². The van der Waals surface area contributed by atoms with E-state index in [1.807, 2.05) is 18.2 Å². The minimum atomic E-state index is -0.679. The van der Waals surface area contributed by atoms with Gasteiger partial charge in [-0.25, -0.2) is 0 Å². The monoisotopic (exact) mass is 314 g/mol. The molecule has 1 aromatic carbocycles. The second-order valence-electron chi connectivity index (χ2n) is 6.19. The van der Waals surface area contributed by atoms with Crippen molar-refractivity contribution >= 4 is 16.9 Å². The molecule has 0 amide bonds. The molecule has 122 valence electrons. The third-order valence-electron chi connectivity index (χ3n) is 4.74. The van der Waals surface area contributed by atoms with Crippen LogP contribution >= 0.6 is 0 Å². The average molecular weight is 314 g/mol. The van der Waals surface area contributed by atoms with Crippen molar-refractivity contribution in [3.8, 4) is 5.75 Å². The number of phenols is 1. The van der Waals surface area contributed by atoms with Gasteiger partial charge >= 0.3 is 5.97 Å². The second kappa shape index (κ2) is 6.54. The fraction of sp³-hybridized carbons (Fsp3) is 0.444. The number of aliphatic carboxylic acids is 1. The Morgan fingerprint density at radius 3 is 2.70 bits per heavy atom. The van der Waals surface area contributed by atoms with E-state index in [1.54, 1.807) is 12.1 Å². The van der Waals surface area contributed by atoms with Gasteiger partial charge in [-0.2, -0.15) is 0 Å². The van der Waals surface area contributed by atoms with Crippen molar-refractivity contribution in [2.75, 3.05) is 13.1 Å². The van der Waals surface area contributed by atoms with E-state index in [4.69, 9.17) is 10.1 Å². The van der Waals surface area contributed by atoms with E-state index in [9.17, 15) is 9.90 Å². The van der Waals surface area contributed by atoms with Gasteiger partial charge in [-0.3, -0.25) is 14.7 Å². The minimum Gasteiger partial charge on any atom is -0.508 e. The molecule has 1 saturated heterocycles. The number of pyridine rings is 1. The molecule has 1 atom stereocenters. The van der Waals surface area contributed by atoms with E-state index < -0.39 is 5.97 Å². The molecule has 0 radical (unpaired) electrons. The molecule has 5 nitrogen and oxygen atoms in total. The molecule has 0 bridgehead atoms. The predicted molar refractivity (Wildman–Crippen MR) is 88.4 cm³/mol. The Balaban J connectivity index is 1.81. The molecule has 1 fully saturated rings. The predicted octanol–water partition coefficient (Wildman–Crippen LogP) is 3.19. The lowest BCUT2D eigenvalue weighted by atomic mass is 9.94. The van der Waals surface area contributed by atoms with Gasteiger partial charge in [0, 0.05) is 5.39 Å². The van der Waals surface area contributed by atoms with Crippen molar-refractivity contribution in [1.29, 1.82) is 0 Å². The van der Waals surface area contributed by atoms with Crippen LogP contribution in [0.1, 0.15) is 37.9 Å². The van der Waals surface area contributed by atoms with Gasteiger partial charge < -0.3 is 10.2 Å². The summed E-state index contributed by atoms with van der Waals surface area (Å²) in [4.78, 5) is 18.2. The van der Waals surface area contributed by atoms with Gasteiger partial charge in [0.25, 0.3) is 0 Å². The maximum atomic E-state index is 11.1. The number of fused-ring (bicyclic) bond motifs is 1. The van der Waals surface area contributed by atoms with Crippen LogP contribution in [0.2, 0.25) is 0 Å². The summed E-state index contributed by atoms with van der Waals surface area (Å²) in [6.45, 7) is 3.73. The van der Waals surface area contributed by atoms with Crippen LogP contribution in [-0.2, 0) is 4.79 Å². The molecule has 0 saturated carbocycles. The first-order valence-electron chi connectivity index (χ1n) is 8.15. The molecule has 2 heterocycles. The van der Waals surface area contributed by atoms with E-state index in [-0.39, 0.29) is 17.7 Å². The third-order valence-corrected chi connectivity index (χ3v) is 4.74.